The molecule has 1 aromatic carbocycles. The average Bonchev–Trinajstić information content (AvgIpc) is 3.63. The molecule has 3 unspecified atom stereocenters. The Balaban J connectivity index is 1.49. The van der Waals surface area contributed by atoms with Crippen molar-refractivity contribution in [1.29, 1.82) is 0 Å². The number of hydrogen-bond acceptors (Lipinski definition) is 5. The normalized spacial score (nSPS) is 29.5. The van der Waals surface area contributed by atoms with Crippen LogP contribution in [-0.2, 0) is 25.7 Å². The van der Waals surface area contributed by atoms with Gasteiger partial charge in [-0.05, 0) is 37.7 Å². The molecule has 240 valence electrons. The number of likely N-dealkylation sites (tertiary alicyclic amines) is 1. The topological polar surface area (TPSA) is 90.4 Å². The van der Waals surface area contributed by atoms with Crippen LogP contribution in [0.2, 0.25) is 0 Å². The third-order valence-electron chi connectivity index (χ3n) is 10.1. The van der Waals surface area contributed by atoms with Gasteiger partial charge in [0.2, 0.25) is 17.7 Å². The van der Waals surface area contributed by atoms with E-state index in [1.807, 2.05) is 35.2 Å². The van der Waals surface area contributed by atoms with Crippen molar-refractivity contribution in [2.24, 2.45) is 11.8 Å². The standard InChI is InChI=1S/C35H48BrN3O5/c1-3-19-37(24-25-15-9-7-10-16-25)32(41)28-29-33(42)39(21-13-5-6-14-22-40)31(35(29)23-27(36)30(28)44-35)34(43)38(20-4-2)26-17-11-8-12-18-26/h3-4,7,9-10,15-16,26-31,40H,1-2,5-6,8,11-14,17-24H2/t27?,28-,29-,30-,31?,35?/m0/s1. The molecule has 3 amide bonds. The van der Waals surface area contributed by atoms with Gasteiger partial charge in [-0.15, -0.1) is 13.2 Å². The van der Waals surface area contributed by atoms with Crippen molar-refractivity contribution in [1.82, 2.24) is 14.7 Å². The summed E-state index contributed by atoms with van der Waals surface area (Å²) in [6.07, 6.45) is 11.9. The molecule has 2 bridgehead atoms. The van der Waals surface area contributed by atoms with E-state index in [0.717, 1.165) is 50.5 Å². The highest BCUT2D eigenvalue weighted by Crippen LogP contribution is 2.60. The molecular formula is C35H48BrN3O5. The summed E-state index contributed by atoms with van der Waals surface area (Å²) in [5, 5.41) is 9.25. The van der Waals surface area contributed by atoms with E-state index in [-0.39, 0.29) is 35.2 Å². The van der Waals surface area contributed by atoms with Gasteiger partial charge in [0, 0.05) is 43.7 Å². The monoisotopic (exact) mass is 669 g/mol. The lowest BCUT2D eigenvalue weighted by atomic mass is 9.70. The van der Waals surface area contributed by atoms with Gasteiger partial charge in [0.25, 0.3) is 0 Å². The number of ether oxygens (including phenoxy) is 1. The molecule has 1 saturated carbocycles. The number of carbonyl (C=O) groups is 3. The lowest BCUT2D eigenvalue weighted by Gasteiger charge is -2.41. The Labute approximate surface area is 270 Å². The number of aliphatic hydroxyl groups is 1. The van der Waals surface area contributed by atoms with Crippen LogP contribution in [0.5, 0.6) is 0 Å². The number of nitrogens with zero attached hydrogens (tertiary/aromatic N) is 3. The molecule has 1 spiro atoms. The number of halogens is 1. The number of benzene rings is 1. The summed E-state index contributed by atoms with van der Waals surface area (Å²) in [6, 6.07) is 9.15. The lowest BCUT2D eigenvalue weighted by Crippen LogP contribution is -2.58. The van der Waals surface area contributed by atoms with E-state index in [9.17, 15) is 19.5 Å². The summed E-state index contributed by atoms with van der Waals surface area (Å²) in [5.74, 6) is -1.77. The van der Waals surface area contributed by atoms with E-state index in [0.29, 0.717) is 39.0 Å². The highest BCUT2D eigenvalue weighted by atomic mass is 79.9. The molecule has 5 rings (SSSR count). The minimum atomic E-state index is -1.07. The second-order valence-electron chi connectivity index (χ2n) is 12.9. The van der Waals surface area contributed by atoms with Crippen molar-refractivity contribution in [2.45, 2.75) is 99.4 Å². The smallest absolute Gasteiger partial charge is 0.248 e. The Bertz CT molecular complexity index is 1190. The number of amides is 3. The second kappa shape index (κ2) is 14.7. The summed E-state index contributed by atoms with van der Waals surface area (Å²) in [6.45, 7) is 9.59. The Morgan fingerprint density at radius 2 is 1.73 bits per heavy atom. The molecule has 9 heteroatoms. The number of rotatable bonds is 15. The zero-order chi connectivity index (χ0) is 31.3. The Morgan fingerprint density at radius 1 is 1.02 bits per heavy atom. The van der Waals surface area contributed by atoms with Gasteiger partial charge in [-0.1, -0.05) is 90.5 Å². The van der Waals surface area contributed by atoms with Crippen LogP contribution < -0.4 is 0 Å². The molecule has 3 aliphatic heterocycles. The van der Waals surface area contributed by atoms with Crippen LogP contribution in [0.1, 0.15) is 69.8 Å². The first-order valence-corrected chi connectivity index (χ1v) is 17.4. The van der Waals surface area contributed by atoms with Crippen molar-refractivity contribution in [3.63, 3.8) is 0 Å². The largest absolute Gasteiger partial charge is 0.396 e. The van der Waals surface area contributed by atoms with Gasteiger partial charge >= 0.3 is 0 Å². The zero-order valence-electron chi connectivity index (χ0n) is 25.8. The molecule has 1 aliphatic carbocycles. The van der Waals surface area contributed by atoms with Crippen LogP contribution in [-0.4, -0.2) is 92.4 Å². The van der Waals surface area contributed by atoms with Crippen molar-refractivity contribution >= 4 is 33.7 Å². The zero-order valence-corrected chi connectivity index (χ0v) is 27.4. The van der Waals surface area contributed by atoms with Crippen LogP contribution in [0.15, 0.2) is 55.6 Å². The quantitative estimate of drug-likeness (QED) is 0.164. The minimum Gasteiger partial charge on any atom is -0.396 e. The van der Waals surface area contributed by atoms with Crippen LogP contribution >= 0.6 is 15.9 Å². The molecule has 44 heavy (non-hydrogen) atoms. The fraction of sp³-hybridized carbons (Fsp3) is 0.629. The summed E-state index contributed by atoms with van der Waals surface area (Å²) in [5.41, 5.74) is -0.0706. The maximum atomic E-state index is 14.8. The van der Waals surface area contributed by atoms with Crippen molar-refractivity contribution < 1.29 is 24.2 Å². The van der Waals surface area contributed by atoms with E-state index in [1.54, 1.807) is 22.0 Å². The Hall–Kier alpha value is -2.49. The third-order valence-corrected chi connectivity index (χ3v) is 11.0. The summed E-state index contributed by atoms with van der Waals surface area (Å²) >= 11 is 3.82. The van der Waals surface area contributed by atoms with Gasteiger partial charge in [-0.3, -0.25) is 14.4 Å². The van der Waals surface area contributed by atoms with E-state index < -0.39 is 29.6 Å². The summed E-state index contributed by atoms with van der Waals surface area (Å²) in [4.78, 5) is 49.0. The molecule has 3 heterocycles. The van der Waals surface area contributed by atoms with Gasteiger partial charge in [0.05, 0.1) is 17.9 Å². The predicted octanol–water partition coefficient (Wildman–Crippen LogP) is 4.85. The highest BCUT2D eigenvalue weighted by molar-refractivity contribution is 9.09. The van der Waals surface area contributed by atoms with Gasteiger partial charge in [-0.2, -0.15) is 0 Å². The Kier molecular flexibility index (Phi) is 11.0. The fourth-order valence-corrected chi connectivity index (χ4v) is 9.13. The van der Waals surface area contributed by atoms with Crippen LogP contribution in [0.4, 0.5) is 0 Å². The number of unbranched alkanes of at least 4 members (excludes halogenated alkanes) is 3. The van der Waals surface area contributed by atoms with Crippen molar-refractivity contribution in [2.75, 3.05) is 26.2 Å². The lowest BCUT2D eigenvalue weighted by molar-refractivity contribution is -0.150. The minimum absolute atomic E-state index is 0.0799. The molecule has 4 aliphatic rings. The molecule has 4 fully saturated rings. The predicted molar refractivity (Wildman–Crippen MR) is 174 cm³/mol. The number of fused-ring (bicyclic) bond motifs is 1. The maximum Gasteiger partial charge on any atom is 0.248 e. The van der Waals surface area contributed by atoms with Crippen LogP contribution in [0.3, 0.4) is 0 Å². The molecule has 6 atom stereocenters. The summed E-state index contributed by atoms with van der Waals surface area (Å²) < 4.78 is 6.81. The third kappa shape index (κ3) is 6.29. The molecule has 3 saturated heterocycles. The van der Waals surface area contributed by atoms with Crippen LogP contribution in [0, 0.1) is 11.8 Å². The number of carbonyl (C=O) groups excluding carboxylic acids is 3. The molecule has 0 aromatic heterocycles. The van der Waals surface area contributed by atoms with E-state index >= 15 is 0 Å². The van der Waals surface area contributed by atoms with Gasteiger partial charge in [0.1, 0.15) is 11.6 Å². The first-order valence-electron chi connectivity index (χ1n) is 16.5. The average molecular weight is 671 g/mol. The van der Waals surface area contributed by atoms with Crippen molar-refractivity contribution in [3.05, 3.63) is 61.2 Å². The van der Waals surface area contributed by atoms with Gasteiger partial charge in [-0.25, -0.2) is 0 Å². The highest BCUT2D eigenvalue weighted by Gasteiger charge is 2.76. The summed E-state index contributed by atoms with van der Waals surface area (Å²) in [7, 11) is 0. The number of hydrogen-bond donors (Lipinski definition) is 1. The van der Waals surface area contributed by atoms with Gasteiger partial charge < -0.3 is 24.5 Å². The molecule has 8 nitrogen and oxygen atoms in total. The SMILES string of the molecule is C=CCN(Cc1ccccc1)C(=O)[C@H]1[C@H]2C(=O)N(CCCCCCO)C(C(=O)N(CC=C)C3CCCCC3)C23CC(Br)[C@@H]1O3. The fourth-order valence-electron chi connectivity index (χ4n) is 8.19. The van der Waals surface area contributed by atoms with E-state index in [4.69, 9.17) is 4.74 Å². The van der Waals surface area contributed by atoms with Crippen molar-refractivity contribution in [3.8, 4) is 0 Å². The first-order chi connectivity index (χ1) is 21.4. The van der Waals surface area contributed by atoms with Crippen LogP contribution in [0.25, 0.3) is 0 Å². The molecule has 1 aromatic rings. The number of aliphatic hydroxyl groups excluding tert-OH is 1. The van der Waals surface area contributed by atoms with Gasteiger partial charge in [0.15, 0.2) is 0 Å². The maximum absolute atomic E-state index is 14.8. The number of alkyl halides is 1. The van der Waals surface area contributed by atoms with E-state index in [2.05, 4.69) is 29.1 Å². The molecular weight excluding hydrogens is 622 g/mol. The molecule has 1 N–H and O–H groups in total. The van der Waals surface area contributed by atoms with E-state index in [1.165, 1.54) is 6.42 Å². The molecule has 0 radical (unpaired) electrons. The first kappa shape index (κ1) is 32.9. The Morgan fingerprint density at radius 3 is 2.41 bits per heavy atom. The second-order valence-corrected chi connectivity index (χ2v) is 14.1.